The van der Waals surface area contributed by atoms with Gasteiger partial charge in [-0.25, -0.2) is 4.39 Å². The first-order chi connectivity index (χ1) is 13.4. The van der Waals surface area contributed by atoms with Gasteiger partial charge in [-0.05, 0) is 37.5 Å². The quantitative estimate of drug-likeness (QED) is 0.643. The van der Waals surface area contributed by atoms with Gasteiger partial charge in [-0.1, -0.05) is 0 Å². The number of carbonyl (C=O) groups is 1. The minimum Gasteiger partial charge on any atom is -0.396 e. The van der Waals surface area contributed by atoms with E-state index in [0.717, 1.165) is 6.07 Å². The van der Waals surface area contributed by atoms with Crippen molar-refractivity contribution in [3.8, 4) is 0 Å². The molecule has 1 aromatic heterocycles. The van der Waals surface area contributed by atoms with Crippen LogP contribution in [0.2, 0.25) is 0 Å². The molecule has 1 amide bonds. The molecule has 2 heterocycles. The monoisotopic (exact) mass is 392 g/mol. The molecule has 1 aliphatic heterocycles. The summed E-state index contributed by atoms with van der Waals surface area (Å²) in [5.74, 6) is -1.05. The van der Waals surface area contributed by atoms with Crippen LogP contribution in [0.1, 0.15) is 29.6 Å². The predicted molar refractivity (Wildman–Crippen MR) is 102 cm³/mol. The first-order valence-corrected chi connectivity index (χ1v) is 9.30. The minimum absolute atomic E-state index is 0.0850. The number of aliphatic hydroxyl groups is 2. The van der Waals surface area contributed by atoms with Gasteiger partial charge in [0.25, 0.3) is 5.91 Å². The molecule has 1 aliphatic rings. The van der Waals surface area contributed by atoms with Gasteiger partial charge in [0.2, 0.25) is 5.43 Å². The van der Waals surface area contributed by atoms with E-state index < -0.39 is 28.7 Å². The summed E-state index contributed by atoms with van der Waals surface area (Å²) in [5.41, 5.74) is -1.04. The van der Waals surface area contributed by atoms with Gasteiger partial charge < -0.3 is 24.8 Å². The van der Waals surface area contributed by atoms with Gasteiger partial charge in [0, 0.05) is 49.3 Å². The Morgan fingerprint density at radius 1 is 1.46 bits per heavy atom. The van der Waals surface area contributed by atoms with E-state index in [2.05, 4.69) is 4.98 Å². The number of carbonyl (C=O) groups excluding carboxylic acids is 1. The van der Waals surface area contributed by atoms with Gasteiger partial charge in [0.1, 0.15) is 11.4 Å². The highest BCUT2D eigenvalue weighted by Crippen LogP contribution is 2.35. The number of aromatic nitrogens is 1. The van der Waals surface area contributed by atoms with Crippen LogP contribution in [0.3, 0.4) is 0 Å². The number of hydrogen-bond donors (Lipinski definition) is 3. The Bertz CT molecular complexity index is 915. The molecule has 1 fully saturated rings. The van der Waals surface area contributed by atoms with Crippen LogP contribution in [0.15, 0.2) is 29.2 Å². The second kappa shape index (κ2) is 8.38. The van der Waals surface area contributed by atoms with Gasteiger partial charge in [0.15, 0.2) is 0 Å². The Kier molecular flexibility index (Phi) is 6.12. The van der Waals surface area contributed by atoms with Crippen LogP contribution in [0.25, 0.3) is 10.9 Å². The zero-order chi connectivity index (χ0) is 20.3. The minimum atomic E-state index is -0.859. The summed E-state index contributed by atoms with van der Waals surface area (Å²) in [4.78, 5) is 30.1. The Labute approximate surface area is 161 Å². The summed E-state index contributed by atoms with van der Waals surface area (Å²) in [7, 11) is 1.58. The third-order valence-electron chi connectivity index (χ3n) is 5.58. The normalized spacial score (nSPS) is 22.6. The van der Waals surface area contributed by atoms with Gasteiger partial charge in [-0.15, -0.1) is 0 Å². The van der Waals surface area contributed by atoms with Crippen molar-refractivity contribution in [1.82, 2.24) is 9.88 Å². The van der Waals surface area contributed by atoms with Gasteiger partial charge in [-0.3, -0.25) is 9.59 Å². The molecular formula is C20H25FN2O5. The molecule has 28 heavy (non-hydrogen) atoms. The second-order valence-electron chi connectivity index (χ2n) is 7.37. The molecule has 1 saturated heterocycles. The molecule has 7 nitrogen and oxygen atoms in total. The number of benzene rings is 1. The summed E-state index contributed by atoms with van der Waals surface area (Å²) in [6.07, 6.45) is 2.01. The fourth-order valence-corrected chi connectivity index (χ4v) is 3.89. The van der Waals surface area contributed by atoms with Crippen LogP contribution in [0, 0.1) is 11.2 Å². The van der Waals surface area contributed by atoms with Crippen LogP contribution in [0.4, 0.5) is 4.39 Å². The van der Waals surface area contributed by atoms with E-state index in [4.69, 9.17) is 4.74 Å². The highest BCUT2D eigenvalue weighted by Gasteiger charge is 2.43. The third-order valence-corrected chi connectivity index (χ3v) is 5.58. The van der Waals surface area contributed by atoms with Crippen molar-refractivity contribution in [2.45, 2.75) is 25.4 Å². The number of amides is 1. The molecule has 0 saturated carbocycles. The molecule has 0 aliphatic carbocycles. The Morgan fingerprint density at radius 3 is 2.96 bits per heavy atom. The molecule has 1 aromatic carbocycles. The van der Waals surface area contributed by atoms with Gasteiger partial charge >= 0.3 is 0 Å². The lowest BCUT2D eigenvalue weighted by Gasteiger charge is -2.45. The third kappa shape index (κ3) is 3.80. The highest BCUT2D eigenvalue weighted by molar-refractivity contribution is 5.97. The van der Waals surface area contributed by atoms with E-state index in [9.17, 15) is 24.2 Å². The topological polar surface area (TPSA) is 103 Å². The average molecular weight is 392 g/mol. The largest absolute Gasteiger partial charge is 0.396 e. The number of hydrogen-bond acceptors (Lipinski definition) is 5. The maximum atomic E-state index is 13.5. The number of pyridine rings is 1. The maximum absolute atomic E-state index is 13.5. The number of nitrogens with one attached hydrogen (secondary N) is 1. The molecular weight excluding hydrogens is 367 g/mol. The number of likely N-dealkylation sites (tertiary alicyclic amines) is 1. The van der Waals surface area contributed by atoms with Gasteiger partial charge in [0.05, 0.1) is 12.7 Å². The number of H-pyrrole nitrogens is 1. The van der Waals surface area contributed by atoms with Crippen molar-refractivity contribution in [2.24, 2.45) is 5.41 Å². The number of aromatic amines is 1. The summed E-state index contributed by atoms with van der Waals surface area (Å²) in [5, 5.41) is 20.5. The SMILES string of the molecule is COCCC[C@@]1(CO)CN(C(=O)c2c[nH]c3ccc(F)cc3c2=O)CC[C@H]1O. The Hall–Kier alpha value is -2.29. The number of piperidine rings is 1. The van der Waals surface area contributed by atoms with Crippen LogP contribution in [-0.4, -0.2) is 65.5 Å². The molecule has 3 rings (SSSR count). The molecule has 0 spiro atoms. The molecule has 8 heteroatoms. The Morgan fingerprint density at radius 2 is 2.25 bits per heavy atom. The van der Waals surface area contributed by atoms with Crippen molar-refractivity contribution in [3.63, 3.8) is 0 Å². The van der Waals surface area contributed by atoms with Crippen molar-refractivity contribution in [2.75, 3.05) is 33.4 Å². The molecule has 0 radical (unpaired) electrons. The molecule has 2 aromatic rings. The lowest BCUT2D eigenvalue weighted by molar-refractivity contribution is -0.0745. The highest BCUT2D eigenvalue weighted by atomic mass is 19.1. The number of aliphatic hydroxyl groups excluding tert-OH is 2. The fraction of sp³-hybridized carbons (Fsp3) is 0.500. The second-order valence-corrected chi connectivity index (χ2v) is 7.37. The zero-order valence-corrected chi connectivity index (χ0v) is 15.8. The number of nitrogens with zero attached hydrogens (tertiary/aromatic N) is 1. The Balaban J connectivity index is 1.89. The number of rotatable bonds is 6. The lowest BCUT2D eigenvalue weighted by atomic mass is 9.74. The fourth-order valence-electron chi connectivity index (χ4n) is 3.89. The van der Waals surface area contributed by atoms with Gasteiger partial charge in [-0.2, -0.15) is 0 Å². The first-order valence-electron chi connectivity index (χ1n) is 9.30. The molecule has 0 unspecified atom stereocenters. The number of methoxy groups -OCH3 is 1. The van der Waals surface area contributed by atoms with E-state index in [1.165, 1.54) is 23.2 Å². The van der Waals surface area contributed by atoms with Crippen LogP contribution in [0.5, 0.6) is 0 Å². The molecule has 2 atom stereocenters. The first kappa shape index (κ1) is 20.4. The number of ether oxygens (including phenoxy) is 1. The zero-order valence-electron chi connectivity index (χ0n) is 15.8. The van der Waals surface area contributed by atoms with Crippen LogP contribution < -0.4 is 5.43 Å². The lowest BCUT2D eigenvalue weighted by Crippen LogP contribution is -2.55. The van der Waals surface area contributed by atoms with E-state index in [-0.39, 0.29) is 30.6 Å². The number of fused-ring (bicyclic) bond motifs is 1. The predicted octanol–water partition coefficient (Wildman–Crippen LogP) is 1.28. The summed E-state index contributed by atoms with van der Waals surface area (Å²) < 4.78 is 18.6. The average Bonchev–Trinajstić information content (AvgIpc) is 2.70. The van der Waals surface area contributed by atoms with E-state index in [1.54, 1.807) is 7.11 Å². The van der Waals surface area contributed by atoms with E-state index in [1.807, 2.05) is 0 Å². The van der Waals surface area contributed by atoms with E-state index in [0.29, 0.717) is 31.4 Å². The summed E-state index contributed by atoms with van der Waals surface area (Å²) >= 11 is 0. The maximum Gasteiger partial charge on any atom is 0.259 e. The van der Waals surface area contributed by atoms with Crippen molar-refractivity contribution in [3.05, 3.63) is 46.0 Å². The van der Waals surface area contributed by atoms with Crippen molar-refractivity contribution < 1.29 is 24.1 Å². The molecule has 0 bridgehead atoms. The van der Waals surface area contributed by atoms with Crippen molar-refractivity contribution in [1.29, 1.82) is 0 Å². The van der Waals surface area contributed by atoms with Crippen LogP contribution in [-0.2, 0) is 4.74 Å². The number of halogens is 1. The standard InChI is InChI=1S/C20H25FN2O5/c1-28-8-2-6-20(12-24)11-23(7-5-17(20)25)19(27)15-10-22-16-4-3-13(21)9-14(16)18(15)26/h3-4,9-10,17,24-25H,2,5-8,11-12H2,1H3,(H,22,26)/t17-,20+/m1/s1. The summed E-state index contributed by atoms with van der Waals surface area (Å²) in [6, 6.07) is 3.79. The van der Waals surface area contributed by atoms with Crippen LogP contribution >= 0.6 is 0 Å². The van der Waals surface area contributed by atoms with Crippen molar-refractivity contribution >= 4 is 16.8 Å². The molecule has 152 valence electrons. The molecule has 3 N–H and O–H groups in total. The summed E-state index contributed by atoms with van der Waals surface area (Å²) in [6.45, 7) is 0.611. The van der Waals surface area contributed by atoms with E-state index >= 15 is 0 Å². The smallest absolute Gasteiger partial charge is 0.259 e.